The highest BCUT2D eigenvalue weighted by Crippen LogP contribution is 2.58. The Balaban J connectivity index is 1.72. The van der Waals surface area contributed by atoms with Gasteiger partial charge in [-0.2, -0.15) is 0 Å². The fraction of sp³-hybridized carbons (Fsp3) is 0.920. The molecule has 0 aromatic carbocycles. The van der Waals surface area contributed by atoms with Gasteiger partial charge in [0, 0.05) is 6.61 Å². The predicted octanol–water partition coefficient (Wildman–Crippen LogP) is 5.92. The first kappa shape index (κ1) is 23.5. The normalized spacial score (nSPS) is 43.4. The predicted molar refractivity (Wildman–Crippen MR) is 123 cm³/mol. The van der Waals surface area contributed by atoms with Crippen molar-refractivity contribution in [3.63, 3.8) is 0 Å². The lowest BCUT2D eigenvalue weighted by atomic mass is 9.51. The monoisotopic (exact) mass is 422 g/mol. The molecule has 7 atom stereocenters. The van der Waals surface area contributed by atoms with E-state index in [0.717, 1.165) is 45.1 Å². The van der Waals surface area contributed by atoms with E-state index in [1.54, 1.807) is 0 Å². The van der Waals surface area contributed by atoms with Crippen LogP contribution in [0.15, 0.2) is 12.2 Å². The van der Waals surface area contributed by atoms with Crippen LogP contribution in [0, 0.1) is 28.6 Å². The molecular formula is C25H46O3Si. The van der Waals surface area contributed by atoms with Gasteiger partial charge >= 0.3 is 0 Å². The Morgan fingerprint density at radius 1 is 1.07 bits per heavy atom. The van der Waals surface area contributed by atoms with Gasteiger partial charge in [-0.25, -0.2) is 0 Å². The molecule has 0 spiro atoms. The van der Waals surface area contributed by atoms with Crippen LogP contribution in [0.4, 0.5) is 0 Å². The summed E-state index contributed by atoms with van der Waals surface area (Å²) >= 11 is 0. The Bertz CT molecular complexity index is 610. The zero-order chi connectivity index (χ0) is 21.7. The van der Waals surface area contributed by atoms with Crippen molar-refractivity contribution in [2.24, 2.45) is 28.6 Å². The van der Waals surface area contributed by atoms with Crippen molar-refractivity contribution in [2.75, 3.05) is 6.61 Å². The van der Waals surface area contributed by atoms with Crippen LogP contribution >= 0.6 is 0 Å². The van der Waals surface area contributed by atoms with Gasteiger partial charge in [-0.3, -0.25) is 0 Å². The first-order valence-corrected chi connectivity index (χ1v) is 14.9. The van der Waals surface area contributed by atoms with Gasteiger partial charge in [-0.15, -0.1) is 0 Å². The minimum Gasteiger partial charge on any atom is -0.417 e. The molecule has 3 aliphatic rings. The molecule has 0 aromatic heterocycles. The van der Waals surface area contributed by atoms with Gasteiger partial charge in [-0.05, 0) is 91.7 Å². The Morgan fingerprint density at radius 2 is 1.76 bits per heavy atom. The van der Waals surface area contributed by atoms with Crippen LogP contribution in [-0.4, -0.2) is 37.3 Å². The van der Waals surface area contributed by atoms with Gasteiger partial charge < -0.3 is 14.6 Å². The number of hydrogen-bond acceptors (Lipinski definition) is 3. The summed E-state index contributed by atoms with van der Waals surface area (Å²) in [6.07, 6.45) is 11.3. The third kappa shape index (κ3) is 4.42. The average molecular weight is 423 g/mol. The molecule has 0 heterocycles. The van der Waals surface area contributed by atoms with Crippen molar-refractivity contribution >= 4 is 8.32 Å². The van der Waals surface area contributed by atoms with Crippen LogP contribution in [-0.2, 0) is 4.43 Å². The summed E-state index contributed by atoms with van der Waals surface area (Å²) in [6, 6.07) is 0. The molecule has 4 heteroatoms. The first-order chi connectivity index (χ1) is 13.3. The van der Waals surface area contributed by atoms with Gasteiger partial charge in [0.05, 0.1) is 12.2 Å². The molecule has 0 saturated heterocycles. The van der Waals surface area contributed by atoms with E-state index < -0.39 is 8.32 Å². The van der Waals surface area contributed by atoms with E-state index in [2.05, 4.69) is 59.9 Å². The van der Waals surface area contributed by atoms with Crippen LogP contribution in [0.2, 0.25) is 18.1 Å². The molecule has 168 valence electrons. The van der Waals surface area contributed by atoms with E-state index in [1.807, 2.05) is 0 Å². The standard InChI is InChI=1S/C25H46O3Si/c1-23(2,3)29(6,7)28-16-12-18-17-19(26)10-15-25(18,5)21-11-14-24(4)13-8-9-20(24)22(21)27/h8,13,18-22,26-27H,9-12,14-17H2,1-7H3/t18-,19-,20?,21?,22-,24-,25-/m0/s1. The Labute approximate surface area is 180 Å². The van der Waals surface area contributed by atoms with Crippen molar-refractivity contribution in [3.8, 4) is 0 Å². The maximum absolute atomic E-state index is 11.4. The zero-order valence-electron chi connectivity index (χ0n) is 20.0. The number of aliphatic hydroxyl groups is 2. The third-order valence-electron chi connectivity index (χ3n) is 9.64. The fourth-order valence-corrected chi connectivity index (χ4v) is 7.38. The lowest BCUT2D eigenvalue weighted by Crippen LogP contribution is -2.53. The lowest BCUT2D eigenvalue weighted by Gasteiger charge is -2.55. The summed E-state index contributed by atoms with van der Waals surface area (Å²) in [7, 11) is -1.75. The smallest absolute Gasteiger partial charge is 0.191 e. The highest BCUT2D eigenvalue weighted by atomic mass is 28.4. The van der Waals surface area contributed by atoms with E-state index in [0.29, 0.717) is 17.8 Å². The molecule has 2 saturated carbocycles. The molecular weight excluding hydrogens is 376 g/mol. The van der Waals surface area contributed by atoms with Gasteiger partial charge in [0.15, 0.2) is 8.32 Å². The summed E-state index contributed by atoms with van der Waals surface area (Å²) in [6.45, 7) is 17.0. The fourth-order valence-electron chi connectivity index (χ4n) is 6.32. The van der Waals surface area contributed by atoms with Gasteiger partial charge in [0.1, 0.15) is 0 Å². The molecule has 0 bridgehead atoms. The van der Waals surface area contributed by atoms with E-state index in [-0.39, 0.29) is 28.1 Å². The van der Waals surface area contributed by atoms with Crippen molar-refractivity contribution in [3.05, 3.63) is 12.2 Å². The van der Waals surface area contributed by atoms with E-state index >= 15 is 0 Å². The second-order valence-corrected chi connectivity index (χ2v) is 17.2. The van der Waals surface area contributed by atoms with Crippen LogP contribution in [0.1, 0.15) is 79.6 Å². The molecule has 29 heavy (non-hydrogen) atoms. The van der Waals surface area contributed by atoms with Crippen molar-refractivity contribution < 1.29 is 14.6 Å². The van der Waals surface area contributed by atoms with Gasteiger partial charge in [0.25, 0.3) is 0 Å². The maximum atomic E-state index is 11.4. The molecule has 2 fully saturated rings. The van der Waals surface area contributed by atoms with Crippen LogP contribution in [0.3, 0.4) is 0 Å². The highest BCUT2D eigenvalue weighted by Gasteiger charge is 2.54. The number of fused-ring (bicyclic) bond motifs is 1. The molecule has 3 nitrogen and oxygen atoms in total. The van der Waals surface area contributed by atoms with Gasteiger partial charge in [-0.1, -0.05) is 46.8 Å². The molecule has 0 radical (unpaired) electrons. The molecule has 0 aromatic rings. The second kappa shape index (κ2) is 8.07. The number of allylic oxidation sites excluding steroid dienone is 2. The SMILES string of the molecule is CC(C)(C)[Si](C)(C)OCC[C@H]1C[C@@H](O)CC[C@]1(C)C1CC[C@]2(C)C=CCC2[C@@H]1O. The summed E-state index contributed by atoms with van der Waals surface area (Å²) in [5.74, 6) is 1.13. The van der Waals surface area contributed by atoms with Crippen molar-refractivity contribution in [2.45, 2.75) is 110 Å². The number of hydrogen-bond donors (Lipinski definition) is 2. The number of rotatable bonds is 5. The summed E-state index contributed by atoms with van der Waals surface area (Å²) < 4.78 is 6.51. The minimum absolute atomic E-state index is 0.0966. The zero-order valence-corrected chi connectivity index (χ0v) is 21.0. The molecule has 2 unspecified atom stereocenters. The summed E-state index contributed by atoms with van der Waals surface area (Å²) in [4.78, 5) is 0. The van der Waals surface area contributed by atoms with Crippen LogP contribution < -0.4 is 0 Å². The lowest BCUT2D eigenvalue weighted by molar-refractivity contribution is -0.121. The summed E-state index contributed by atoms with van der Waals surface area (Å²) in [5, 5.41) is 22.1. The Hall–Kier alpha value is -0.163. The van der Waals surface area contributed by atoms with E-state index in [1.165, 1.54) is 6.42 Å². The largest absolute Gasteiger partial charge is 0.417 e. The quantitative estimate of drug-likeness (QED) is 0.427. The number of aliphatic hydroxyl groups excluding tert-OH is 2. The maximum Gasteiger partial charge on any atom is 0.191 e. The molecule has 3 rings (SSSR count). The second-order valence-electron chi connectivity index (χ2n) is 12.4. The summed E-state index contributed by atoms with van der Waals surface area (Å²) in [5.41, 5.74) is 0.279. The molecule has 3 aliphatic carbocycles. The van der Waals surface area contributed by atoms with Crippen LogP contribution in [0.25, 0.3) is 0 Å². The Morgan fingerprint density at radius 3 is 2.41 bits per heavy atom. The molecule has 0 aliphatic heterocycles. The third-order valence-corrected chi connectivity index (χ3v) is 14.2. The molecule has 2 N–H and O–H groups in total. The van der Waals surface area contributed by atoms with E-state index in [9.17, 15) is 10.2 Å². The van der Waals surface area contributed by atoms with Gasteiger partial charge in [0.2, 0.25) is 0 Å². The average Bonchev–Trinajstić information content (AvgIpc) is 3.00. The first-order valence-electron chi connectivity index (χ1n) is 12.0. The highest BCUT2D eigenvalue weighted by molar-refractivity contribution is 6.74. The van der Waals surface area contributed by atoms with Crippen LogP contribution in [0.5, 0.6) is 0 Å². The Kier molecular flexibility index (Phi) is 6.54. The van der Waals surface area contributed by atoms with E-state index in [4.69, 9.17) is 4.43 Å². The minimum atomic E-state index is -1.75. The van der Waals surface area contributed by atoms with Crippen molar-refractivity contribution in [1.29, 1.82) is 0 Å². The molecule has 0 amide bonds. The van der Waals surface area contributed by atoms with Crippen molar-refractivity contribution in [1.82, 2.24) is 0 Å². The topological polar surface area (TPSA) is 49.7 Å².